The quantitative estimate of drug-likeness (QED) is 0.600. The number of pyridine rings is 1. The van der Waals surface area contributed by atoms with Crippen molar-refractivity contribution >= 4 is 6.08 Å². The third kappa shape index (κ3) is 3.65. The third-order valence-corrected chi connectivity index (χ3v) is 6.03. The van der Waals surface area contributed by atoms with Crippen LogP contribution in [0.25, 0.3) is 28.5 Å². The molecule has 2 aliphatic rings. The van der Waals surface area contributed by atoms with E-state index in [0.717, 1.165) is 11.1 Å². The summed E-state index contributed by atoms with van der Waals surface area (Å²) in [6, 6.07) is 9.18. The molecule has 3 atom stereocenters. The second-order valence-corrected chi connectivity index (χ2v) is 8.32. The maximum Gasteiger partial charge on any atom is 0.213 e. The van der Waals surface area contributed by atoms with Gasteiger partial charge in [0.2, 0.25) is 5.88 Å². The summed E-state index contributed by atoms with van der Waals surface area (Å²) in [6.07, 6.45) is 10.1. The van der Waals surface area contributed by atoms with E-state index in [-0.39, 0.29) is 11.8 Å². The van der Waals surface area contributed by atoms with Gasteiger partial charge in [0, 0.05) is 23.9 Å². The Morgan fingerprint density at radius 2 is 2.00 bits per heavy atom. The van der Waals surface area contributed by atoms with E-state index in [2.05, 4.69) is 20.3 Å². The van der Waals surface area contributed by atoms with Crippen LogP contribution in [0.5, 0.6) is 11.6 Å². The van der Waals surface area contributed by atoms with Gasteiger partial charge in [-0.3, -0.25) is 15.3 Å². The fraction of sp³-hybridized carbons (Fsp3) is 0.240. The SMILES string of the molecule is COc1cc(-c2ccc(-c3cnc(/C=C4\C[C@H]5C=C[C@](C)(N5)[C@@H]4F)cn3)c(O)c2)ccn1. The molecule has 5 rings (SSSR count). The number of nitrogens with one attached hydrogen (secondary N) is 1. The number of hydrogen-bond acceptors (Lipinski definition) is 6. The van der Waals surface area contributed by atoms with E-state index in [4.69, 9.17) is 4.74 Å². The molecule has 0 spiro atoms. The molecule has 2 bridgehead atoms. The summed E-state index contributed by atoms with van der Waals surface area (Å²) in [5.41, 5.74) is 3.47. The maximum absolute atomic E-state index is 15.0. The van der Waals surface area contributed by atoms with Crippen LogP contribution >= 0.6 is 0 Å². The number of aromatic nitrogens is 3. The number of ether oxygens (including phenoxy) is 1. The Balaban J connectivity index is 1.38. The zero-order chi connectivity index (χ0) is 22.3. The molecule has 2 N–H and O–H groups in total. The second kappa shape index (κ2) is 7.84. The molecule has 1 saturated heterocycles. The van der Waals surface area contributed by atoms with Crippen molar-refractivity contribution in [1.29, 1.82) is 0 Å². The predicted molar refractivity (Wildman–Crippen MR) is 121 cm³/mol. The van der Waals surface area contributed by atoms with Crippen LogP contribution in [0.15, 0.2) is 66.6 Å². The van der Waals surface area contributed by atoms with Crippen LogP contribution in [0.3, 0.4) is 0 Å². The fourth-order valence-corrected chi connectivity index (χ4v) is 4.33. The molecule has 0 saturated carbocycles. The monoisotopic (exact) mass is 430 g/mol. The molecule has 0 unspecified atom stereocenters. The van der Waals surface area contributed by atoms with Crippen molar-refractivity contribution in [2.45, 2.75) is 31.1 Å². The number of phenolic OH excluding ortho intramolecular Hbond substituents is 1. The van der Waals surface area contributed by atoms with Gasteiger partial charge in [0.15, 0.2) is 0 Å². The second-order valence-electron chi connectivity index (χ2n) is 8.32. The van der Waals surface area contributed by atoms with E-state index in [1.165, 1.54) is 0 Å². The Bertz CT molecular complexity index is 1220. The first-order valence-electron chi connectivity index (χ1n) is 10.4. The Kier molecular flexibility index (Phi) is 4.98. The summed E-state index contributed by atoms with van der Waals surface area (Å²) < 4.78 is 20.1. The molecule has 162 valence electrons. The number of halogens is 1. The summed E-state index contributed by atoms with van der Waals surface area (Å²) in [4.78, 5) is 13.0. The highest BCUT2D eigenvalue weighted by atomic mass is 19.1. The maximum atomic E-state index is 15.0. The van der Waals surface area contributed by atoms with Gasteiger partial charge in [-0.1, -0.05) is 18.2 Å². The lowest BCUT2D eigenvalue weighted by molar-refractivity contribution is 0.210. The van der Waals surface area contributed by atoms with Gasteiger partial charge in [0.05, 0.1) is 36.4 Å². The largest absolute Gasteiger partial charge is 0.507 e. The Labute approximate surface area is 185 Å². The van der Waals surface area contributed by atoms with Gasteiger partial charge in [-0.25, -0.2) is 9.37 Å². The van der Waals surface area contributed by atoms with Gasteiger partial charge >= 0.3 is 0 Å². The summed E-state index contributed by atoms with van der Waals surface area (Å²) in [5, 5.41) is 13.9. The summed E-state index contributed by atoms with van der Waals surface area (Å²) in [7, 11) is 1.56. The van der Waals surface area contributed by atoms with Crippen molar-refractivity contribution in [2.24, 2.45) is 0 Å². The van der Waals surface area contributed by atoms with Crippen LogP contribution in [0.1, 0.15) is 19.0 Å². The molecule has 1 aromatic carbocycles. The topological polar surface area (TPSA) is 80.2 Å². The van der Waals surface area contributed by atoms with Crippen LogP contribution in [-0.2, 0) is 0 Å². The first-order valence-corrected chi connectivity index (χ1v) is 10.4. The Hall–Kier alpha value is -3.58. The normalized spacial score (nSPS) is 25.3. The minimum atomic E-state index is -1.11. The number of hydrogen-bond donors (Lipinski definition) is 2. The van der Waals surface area contributed by atoms with Gasteiger partial charge in [-0.15, -0.1) is 0 Å². The molecule has 7 heteroatoms. The minimum Gasteiger partial charge on any atom is -0.507 e. The number of phenols is 1. The highest BCUT2D eigenvalue weighted by molar-refractivity contribution is 5.74. The number of benzene rings is 1. The Morgan fingerprint density at radius 3 is 2.75 bits per heavy atom. The van der Waals surface area contributed by atoms with Gasteiger partial charge in [0.1, 0.15) is 11.9 Å². The zero-order valence-electron chi connectivity index (χ0n) is 17.8. The highest BCUT2D eigenvalue weighted by Gasteiger charge is 2.44. The summed E-state index contributed by atoms with van der Waals surface area (Å²) in [5.74, 6) is 0.597. The molecule has 32 heavy (non-hydrogen) atoms. The number of alkyl halides is 1. The molecule has 1 fully saturated rings. The van der Waals surface area contributed by atoms with Crippen LogP contribution in [0.2, 0.25) is 0 Å². The van der Waals surface area contributed by atoms with E-state index in [0.29, 0.717) is 34.8 Å². The van der Waals surface area contributed by atoms with Gasteiger partial charge in [-0.2, -0.15) is 0 Å². The van der Waals surface area contributed by atoms with Crippen molar-refractivity contribution in [2.75, 3.05) is 7.11 Å². The van der Waals surface area contributed by atoms with Crippen molar-refractivity contribution < 1.29 is 14.2 Å². The lowest BCUT2D eigenvalue weighted by atomic mass is 9.86. The van der Waals surface area contributed by atoms with Gasteiger partial charge in [0.25, 0.3) is 0 Å². The highest BCUT2D eigenvalue weighted by Crippen LogP contribution is 2.37. The molecule has 0 radical (unpaired) electrons. The average Bonchev–Trinajstić information content (AvgIpc) is 3.15. The smallest absolute Gasteiger partial charge is 0.213 e. The molecule has 2 aliphatic heterocycles. The molecule has 6 nitrogen and oxygen atoms in total. The first-order chi connectivity index (χ1) is 15.4. The van der Waals surface area contributed by atoms with Crippen molar-refractivity contribution in [3.8, 4) is 34.0 Å². The molecule has 3 aromatic rings. The lowest BCUT2D eigenvalue weighted by Gasteiger charge is -2.36. The van der Waals surface area contributed by atoms with Crippen molar-refractivity contribution in [1.82, 2.24) is 20.3 Å². The van der Waals surface area contributed by atoms with Crippen molar-refractivity contribution in [3.63, 3.8) is 0 Å². The van der Waals surface area contributed by atoms with Gasteiger partial charge < -0.3 is 9.84 Å². The van der Waals surface area contributed by atoms with Crippen molar-refractivity contribution in [3.05, 3.63) is 72.3 Å². The number of nitrogens with zero attached hydrogens (tertiary/aromatic N) is 3. The number of methoxy groups -OCH3 is 1. The first kappa shape index (κ1) is 20.3. The summed E-state index contributed by atoms with van der Waals surface area (Å²) in [6.45, 7) is 1.87. The zero-order valence-corrected chi connectivity index (χ0v) is 17.8. The number of aromatic hydroxyl groups is 1. The molecule has 2 aromatic heterocycles. The fourth-order valence-electron chi connectivity index (χ4n) is 4.33. The summed E-state index contributed by atoms with van der Waals surface area (Å²) >= 11 is 0. The molecule has 4 heterocycles. The minimum absolute atomic E-state index is 0.0939. The van der Waals surface area contributed by atoms with E-state index in [1.807, 2.05) is 31.2 Å². The number of fused-ring (bicyclic) bond motifs is 2. The van der Waals surface area contributed by atoms with E-state index < -0.39 is 11.7 Å². The van der Waals surface area contributed by atoms with Gasteiger partial charge in [-0.05, 0) is 54.3 Å². The van der Waals surface area contributed by atoms with E-state index in [1.54, 1.807) is 50.0 Å². The molecule has 0 aliphatic carbocycles. The predicted octanol–water partition coefficient (Wildman–Crippen LogP) is 4.33. The molecule has 0 amide bonds. The van der Waals surface area contributed by atoms with E-state index in [9.17, 15) is 9.50 Å². The third-order valence-electron chi connectivity index (χ3n) is 6.03. The lowest BCUT2D eigenvalue weighted by Crippen LogP contribution is -2.53. The standard InChI is InChI=1S/C25H23FN4O2/c1-25-7-5-18(30-25)9-17(24(25)26)10-19-13-29-21(14-28-19)20-4-3-15(11-22(20)31)16-6-8-27-23(12-16)32-2/h3-8,10-14,18,24,30-31H,9H2,1-2H3/b17-10+/t18-,24-,25+/m1/s1. The Morgan fingerprint density at radius 1 is 1.16 bits per heavy atom. The molecular weight excluding hydrogens is 407 g/mol. The number of piperidine rings is 1. The average molecular weight is 430 g/mol. The van der Waals surface area contributed by atoms with Crippen LogP contribution < -0.4 is 10.1 Å². The molecular formula is C25H23FN4O2. The van der Waals surface area contributed by atoms with Crippen LogP contribution in [0, 0.1) is 0 Å². The van der Waals surface area contributed by atoms with E-state index >= 15 is 0 Å². The number of rotatable bonds is 4. The van der Waals surface area contributed by atoms with Crippen LogP contribution in [-0.4, -0.2) is 44.9 Å². The van der Waals surface area contributed by atoms with Crippen LogP contribution in [0.4, 0.5) is 4.39 Å².